The number of anilines is 1. The van der Waals surface area contributed by atoms with Crippen molar-refractivity contribution in [2.24, 2.45) is 5.41 Å². The zero-order valence-corrected chi connectivity index (χ0v) is 27.4. The summed E-state index contributed by atoms with van der Waals surface area (Å²) in [4.78, 5) is 29.6. The number of piperidine rings is 1. The molecule has 0 radical (unpaired) electrons. The van der Waals surface area contributed by atoms with Gasteiger partial charge in [-0.25, -0.2) is 0 Å². The molecule has 6 rings (SSSR count). The lowest BCUT2D eigenvalue weighted by Gasteiger charge is -2.42. The lowest BCUT2D eigenvalue weighted by atomic mass is 9.69. The van der Waals surface area contributed by atoms with Crippen LogP contribution in [0.3, 0.4) is 0 Å². The first-order valence-electron chi connectivity index (χ1n) is 17.2. The molecule has 1 saturated carbocycles. The smallest absolute Gasteiger partial charge is 0.294 e. The molecule has 1 amide bonds. The molecule has 4 aromatic rings. The van der Waals surface area contributed by atoms with Crippen molar-refractivity contribution in [1.82, 2.24) is 19.8 Å². The number of aryl methyl sites for hydroxylation is 1. The third-order valence-electron chi connectivity index (χ3n) is 10.3. The van der Waals surface area contributed by atoms with E-state index in [2.05, 4.69) is 63.1 Å². The summed E-state index contributed by atoms with van der Waals surface area (Å²) in [6.45, 7) is 8.13. The fourth-order valence-corrected chi connectivity index (χ4v) is 7.55. The van der Waals surface area contributed by atoms with Crippen molar-refractivity contribution in [3.05, 3.63) is 114 Å². The maximum atomic E-state index is 13.6. The molecule has 7 heteroatoms. The van der Waals surface area contributed by atoms with Gasteiger partial charge in [0.2, 0.25) is 0 Å². The van der Waals surface area contributed by atoms with Crippen LogP contribution in [0.1, 0.15) is 85.0 Å². The maximum Gasteiger partial charge on any atom is 0.294 e. The number of likely N-dealkylation sites (tertiary alicyclic amines) is 1. The van der Waals surface area contributed by atoms with Gasteiger partial charge in [-0.05, 0) is 111 Å². The lowest BCUT2D eigenvalue weighted by Crippen LogP contribution is -2.48. The summed E-state index contributed by atoms with van der Waals surface area (Å²) in [5.41, 5.74) is 5.06. The Balaban J connectivity index is 1.08. The van der Waals surface area contributed by atoms with Crippen LogP contribution < -0.4 is 4.90 Å². The topological polar surface area (TPSA) is 65.7 Å². The number of pyridine rings is 2. The zero-order chi connectivity index (χ0) is 31.6. The first kappa shape index (κ1) is 32.1. The zero-order valence-electron chi connectivity index (χ0n) is 27.4. The van der Waals surface area contributed by atoms with Gasteiger partial charge in [0.15, 0.2) is 5.76 Å². The van der Waals surface area contributed by atoms with Crippen LogP contribution in [-0.4, -0.2) is 57.9 Å². The van der Waals surface area contributed by atoms with Crippen molar-refractivity contribution in [3.8, 4) is 0 Å². The van der Waals surface area contributed by atoms with Crippen LogP contribution in [0.25, 0.3) is 0 Å². The van der Waals surface area contributed by atoms with Gasteiger partial charge in [0.05, 0.1) is 6.26 Å². The van der Waals surface area contributed by atoms with E-state index in [1.165, 1.54) is 61.6 Å². The van der Waals surface area contributed by atoms with Crippen molar-refractivity contribution in [3.63, 3.8) is 0 Å². The van der Waals surface area contributed by atoms with Crippen LogP contribution in [0.4, 0.5) is 5.69 Å². The van der Waals surface area contributed by atoms with E-state index in [-0.39, 0.29) is 11.9 Å². The van der Waals surface area contributed by atoms with Crippen molar-refractivity contribution >= 4 is 11.6 Å². The highest BCUT2D eigenvalue weighted by molar-refractivity contribution is 6.04. The third kappa shape index (κ3) is 8.51. The third-order valence-corrected chi connectivity index (χ3v) is 10.3. The average Bonchev–Trinajstić information content (AvgIpc) is 3.65. The van der Waals surface area contributed by atoms with Crippen molar-refractivity contribution < 1.29 is 9.21 Å². The first-order chi connectivity index (χ1) is 22.6. The molecule has 0 spiro atoms. The molecule has 1 saturated heterocycles. The van der Waals surface area contributed by atoms with E-state index < -0.39 is 0 Å². The van der Waals surface area contributed by atoms with Crippen LogP contribution in [0.15, 0.2) is 96.1 Å². The van der Waals surface area contributed by atoms with E-state index in [0.29, 0.717) is 11.2 Å². The van der Waals surface area contributed by atoms with E-state index >= 15 is 0 Å². The number of benzene rings is 1. The molecule has 242 valence electrons. The Kier molecular flexibility index (Phi) is 10.9. The van der Waals surface area contributed by atoms with Gasteiger partial charge in [-0.1, -0.05) is 49.1 Å². The summed E-state index contributed by atoms with van der Waals surface area (Å²) in [6, 6.07) is 20.5. The quantitative estimate of drug-likeness (QED) is 0.152. The molecule has 0 N–H and O–H groups in total. The maximum absolute atomic E-state index is 13.6. The number of furan rings is 1. The standard InChI is InChI=1S/C39H49N5O2/c1-32-11-13-35(14-12-32)44(38(45)37-10-7-27-46-37)36-15-23-42(24-16-36)25-19-39(17-3-2-4-18-39)20-26-43(30-33-8-5-21-40-28-33)31-34-9-6-22-41-29-34/h5-14,21-22,27-29,36H,2-4,15-20,23-26,30-31H2,1H3. The summed E-state index contributed by atoms with van der Waals surface area (Å²) in [6.07, 6.45) is 20.4. The highest BCUT2D eigenvalue weighted by Crippen LogP contribution is 2.43. The Morgan fingerprint density at radius 1 is 0.870 bits per heavy atom. The Morgan fingerprint density at radius 2 is 1.54 bits per heavy atom. The first-order valence-corrected chi connectivity index (χ1v) is 17.2. The van der Waals surface area contributed by atoms with Crippen LogP contribution in [0, 0.1) is 12.3 Å². The van der Waals surface area contributed by atoms with Gasteiger partial charge in [-0.3, -0.25) is 19.7 Å². The van der Waals surface area contributed by atoms with Gasteiger partial charge >= 0.3 is 0 Å². The minimum absolute atomic E-state index is 0.0458. The monoisotopic (exact) mass is 619 g/mol. The molecule has 2 fully saturated rings. The molecule has 4 heterocycles. The number of nitrogens with zero attached hydrogens (tertiary/aromatic N) is 5. The normalized spacial score (nSPS) is 17.3. The summed E-state index contributed by atoms with van der Waals surface area (Å²) < 4.78 is 5.55. The fraction of sp³-hybridized carbons (Fsp3) is 0.462. The molecule has 46 heavy (non-hydrogen) atoms. The number of carbonyl (C=O) groups is 1. The molecule has 0 bridgehead atoms. The number of aromatic nitrogens is 2. The largest absolute Gasteiger partial charge is 0.459 e. The second-order valence-electron chi connectivity index (χ2n) is 13.6. The number of carbonyl (C=O) groups excluding carboxylic acids is 1. The predicted molar refractivity (Wildman–Crippen MR) is 183 cm³/mol. The van der Waals surface area contributed by atoms with Crippen LogP contribution in [-0.2, 0) is 13.1 Å². The van der Waals surface area contributed by atoms with Crippen molar-refractivity contribution in [1.29, 1.82) is 0 Å². The highest BCUT2D eigenvalue weighted by Gasteiger charge is 2.35. The summed E-state index contributed by atoms with van der Waals surface area (Å²) in [5.74, 6) is 0.360. The summed E-state index contributed by atoms with van der Waals surface area (Å²) in [5, 5.41) is 0. The summed E-state index contributed by atoms with van der Waals surface area (Å²) in [7, 11) is 0. The molecule has 1 aliphatic carbocycles. The molecule has 7 nitrogen and oxygen atoms in total. The van der Waals surface area contributed by atoms with E-state index in [1.807, 2.05) is 41.8 Å². The van der Waals surface area contributed by atoms with Gasteiger partial charge < -0.3 is 14.2 Å². The molecule has 0 unspecified atom stereocenters. The van der Waals surface area contributed by atoms with E-state index in [0.717, 1.165) is 57.8 Å². The van der Waals surface area contributed by atoms with E-state index in [4.69, 9.17) is 4.42 Å². The second kappa shape index (κ2) is 15.7. The second-order valence-corrected chi connectivity index (χ2v) is 13.6. The fourth-order valence-electron chi connectivity index (χ4n) is 7.55. The molecule has 0 atom stereocenters. The minimum atomic E-state index is -0.0458. The Morgan fingerprint density at radius 3 is 2.13 bits per heavy atom. The van der Waals surface area contributed by atoms with Crippen molar-refractivity contribution in [2.75, 3.05) is 31.1 Å². The highest BCUT2D eigenvalue weighted by atomic mass is 16.3. The Bertz CT molecular complexity index is 1420. The predicted octanol–water partition coefficient (Wildman–Crippen LogP) is 7.92. The van der Waals surface area contributed by atoms with Crippen LogP contribution >= 0.6 is 0 Å². The molecule has 1 aromatic carbocycles. The number of hydrogen-bond acceptors (Lipinski definition) is 6. The summed E-state index contributed by atoms with van der Waals surface area (Å²) >= 11 is 0. The SMILES string of the molecule is Cc1ccc(N(C(=O)c2ccco2)C2CCN(CCC3(CCN(Cc4cccnc4)Cc4cccnc4)CCCCC3)CC2)cc1. The molecular weight excluding hydrogens is 570 g/mol. The Labute approximate surface area is 274 Å². The van der Waals surface area contributed by atoms with Crippen LogP contribution in [0.2, 0.25) is 0 Å². The van der Waals surface area contributed by atoms with Gasteiger partial charge in [0, 0.05) is 62.7 Å². The van der Waals surface area contributed by atoms with Gasteiger partial charge in [-0.15, -0.1) is 0 Å². The van der Waals surface area contributed by atoms with Gasteiger partial charge in [-0.2, -0.15) is 0 Å². The van der Waals surface area contributed by atoms with Crippen LogP contribution in [0.5, 0.6) is 0 Å². The Hall–Kier alpha value is -3.81. The van der Waals surface area contributed by atoms with Gasteiger partial charge in [0.25, 0.3) is 5.91 Å². The number of amides is 1. The molecule has 2 aliphatic rings. The molecule has 1 aliphatic heterocycles. The van der Waals surface area contributed by atoms with E-state index in [9.17, 15) is 4.79 Å². The van der Waals surface area contributed by atoms with E-state index in [1.54, 1.807) is 18.4 Å². The number of rotatable bonds is 13. The molecule has 3 aromatic heterocycles. The molecular formula is C39H49N5O2. The lowest BCUT2D eigenvalue weighted by molar-refractivity contribution is 0.0892. The average molecular weight is 620 g/mol. The number of hydrogen-bond donors (Lipinski definition) is 0. The van der Waals surface area contributed by atoms with Crippen molar-refractivity contribution in [2.45, 2.75) is 83.8 Å². The van der Waals surface area contributed by atoms with Gasteiger partial charge in [0.1, 0.15) is 0 Å². The minimum Gasteiger partial charge on any atom is -0.459 e.